The van der Waals surface area contributed by atoms with E-state index in [1.165, 1.54) is 11.3 Å². The molecule has 5 nitrogen and oxygen atoms in total. The zero-order valence-electron chi connectivity index (χ0n) is 20.0. The molecule has 5 heteroatoms. The molecule has 7 rings (SSSR count). The van der Waals surface area contributed by atoms with Crippen LogP contribution in [0.3, 0.4) is 0 Å². The maximum atomic E-state index is 5.07. The molecule has 176 valence electrons. The van der Waals surface area contributed by atoms with Crippen LogP contribution in [0.5, 0.6) is 0 Å². The lowest BCUT2D eigenvalue weighted by atomic mass is 9.94. The molecule has 0 fully saturated rings. The predicted molar refractivity (Wildman–Crippen MR) is 149 cm³/mol. The average Bonchev–Trinajstić information content (AvgIpc) is 3.32. The predicted octanol–water partition coefficient (Wildman–Crippen LogP) is 7.07. The molecule has 0 N–H and O–H groups in total. The number of rotatable bonds is 4. The van der Waals surface area contributed by atoms with Gasteiger partial charge in [-0.15, -0.1) is 0 Å². The second-order valence-corrected chi connectivity index (χ2v) is 9.15. The Kier molecular flexibility index (Phi) is 5.18. The molecular formula is C32H23N5. The van der Waals surface area contributed by atoms with Gasteiger partial charge in [0.2, 0.25) is 0 Å². The zero-order valence-corrected chi connectivity index (χ0v) is 20.0. The van der Waals surface area contributed by atoms with E-state index in [1.54, 1.807) is 0 Å². The minimum absolute atomic E-state index is 0.106. The number of aliphatic imine (C=N–C) groups is 1. The van der Waals surface area contributed by atoms with Crippen molar-refractivity contribution in [3.05, 3.63) is 127 Å². The number of fused-ring (bicyclic) bond motifs is 3. The van der Waals surface area contributed by atoms with Crippen molar-refractivity contribution in [2.24, 2.45) is 4.99 Å². The summed E-state index contributed by atoms with van der Waals surface area (Å²) < 4.78 is 0. The molecule has 0 spiro atoms. The van der Waals surface area contributed by atoms with Crippen molar-refractivity contribution >= 4 is 17.7 Å². The fourth-order valence-electron chi connectivity index (χ4n) is 5.19. The van der Waals surface area contributed by atoms with E-state index in [0.29, 0.717) is 0 Å². The standard InChI is InChI=1S/C32H23N5/c1-2-9-22(10-3-1)25-12-6-13-26(34-25)27-14-7-15-28(35-27)29-16-8-18-32(36-29)37-30-17-5-4-11-23(30)24-19-20-33-21-31(24)37/h1-21,24,31H. The Hall–Kier alpha value is -4.90. The Morgan fingerprint density at radius 3 is 1.95 bits per heavy atom. The normalized spacial score (nSPS) is 17.5. The van der Waals surface area contributed by atoms with Crippen molar-refractivity contribution in [2.45, 2.75) is 12.0 Å². The van der Waals surface area contributed by atoms with E-state index in [0.717, 1.165) is 39.9 Å². The number of anilines is 2. The van der Waals surface area contributed by atoms with Gasteiger partial charge in [-0.05, 0) is 48.0 Å². The minimum atomic E-state index is 0.106. The Bertz CT molecular complexity index is 1660. The van der Waals surface area contributed by atoms with Gasteiger partial charge >= 0.3 is 0 Å². The Morgan fingerprint density at radius 1 is 0.541 bits per heavy atom. The summed E-state index contributed by atoms with van der Waals surface area (Å²) in [6, 6.07) is 37.0. The maximum Gasteiger partial charge on any atom is 0.134 e. The summed E-state index contributed by atoms with van der Waals surface area (Å²) >= 11 is 0. The lowest BCUT2D eigenvalue weighted by Crippen LogP contribution is -2.32. The summed E-state index contributed by atoms with van der Waals surface area (Å²) in [6.45, 7) is 0. The van der Waals surface area contributed by atoms with Crippen LogP contribution in [0.4, 0.5) is 11.5 Å². The fraction of sp³-hybridized carbons (Fsp3) is 0.0625. The number of para-hydroxylation sites is 1. The van der Waals surface area contributed by atoms with Crippen LogP contribution in [0.1, 0.15) is 11.5 Å². The molecule has 0 amide bonds. The summed E-state index contributed by atoms with van der Waals surface area (Å²) in [7, 11) is 0. The monoisotopic (exact) mass is 477 g/mol. The zero-order chi connectivity index (χ0) is 24.6. The molecule has 2 atom stereocenters. The summed E-state index contributed by atoms with van der Waals surface area (Å²) in [5, 5.41) is 0. The number of hydrogen-bond acceptors (Lipinski definition) is 5. The van der Waals surface area contributed by atoms with Crippen molar-refractivity contribution in [3.8, 4) is 34.0 Å². The third-order valence-corrected chi connectivity index (χ3v) is 6.91. The smallest absolute Gasteiger partial charge is 0.134 e. The van der Waals surface area contributed by atoms with Gasteiger partial charge in [0.25, 0.3) is 0 Å². The molecular weight excluding hydrogens is 454 g/mol. The SMILES string of the molecule is C1=CC2c3ccccc3N(c3cccc(-c4cccc(-c5cccc(-c6ccccc6)n5)n4)n3)C2C=N1. The van der Waals surface area contributed by atoms with Gasteiger partial charge in [-0.2, -0.15) is 0 Å². The minimum Gasteiger partial charge on any atom is -0.317 e. The molecule has 2 aliphatic heterocycles. The van der Waals surface area contributed by atoms with E-state index in [-0.39, 0.29) is 12.0 Å². The average molecular weight is 478 g/mol. The largest absolute Gasteiger partial charge is 0.317 e. The Labute approximate surface area is 215 Å². The second-order valence-electron chi connectivity index (χ2n) is 9.15. The summed E-state index contributed by atoms with van der Waals surface area (Å²) in [5.41, 5.74) is 7.77. The number of pyridine rings is 3. The van der Waals surface area contributed by atoms with E-state index >= 15 is 0 Å². The lowest BCUT2D eigenvalue weighted by Gasteiger charge is -2.27. The van der Waals surface area contributed by atoms with Gasteiger partial charge in [0.15, 0.2) is 0 Å². The van der Waals surface area contributed by atoms with Crippen LogP contribution in [-0.4, -0.2) is 27.2 Å². The Balaban J connectivity index is 1.26. The first-order valence-corrected chi connectivity index (χ1v) is 12.4. The molecule has 2 unspecified atom stereocenters. The van der Waals surface area contributed by atoms with E-state index in [1.807, 2.05) is 79.1 Å². The van der Waals surface area contributed by atoms with Crippen LogP contribution >= 0.6 is 0 Å². The number of hydrogen-bond donors (Lipinski definition) is 0. The maximum absolute atomic E-state index is 5.07. The highest BCUT2D eigenvalue weighted by atomic mass is 15.2. The van der Waals surface area contributed by atoms with Gasteiger partial charge in [-0.3, -0.25) is 4.99 Å². The Morgan fingerprint density at radius 2 is 1.16 bits per heavy atom. The second kappa shape index (κ2) is 8.95. The van der Waals surface area contributed by atoms with Crippen LogP contribution in [0.25, 0.3) is 34.0 Å². The van der Waals surface area contributed by atoms with Crippen LogP contribution in [0.15, 0.2) is 126 Å². The van der Waals surface area contributed by atoms with Crippen molar-refractivity contribution in [3.63, 3.8) is 0 Å². The molecule has 0 radical (unpaired) electrons. The number of nitrogens with zero attached hydrogens (tertiary/aromatic N) is 5. The summed E-state index contributed by atoms with van der Waals surface area (Å²) in [6.07, 6.45) is 6.08. The van der Waals surface area contributed by atoms with Crippen LogP contribution < -0.4 is 4.90 Å². The van der Waals surface area contributed by atoms with Crippen LogP contribution in [-0.2, 0) is 0 Å². The van der Waals surface area contributed by atoms with Crippen LogP contribution in [0.2, 0.25) is 0 Å². The molecule has 2 aromatic carbocycles. The first-order chi connectivity index (χ1) is 18.3. The highest BCUT2D eigenvalue weighted by Crippen LogP contribution is 2.45. The third-order valence-electron chi connectivity index (χ3n) is 6.91. The van der Waals surface area contributed by atoms with Crippen molar-refractivity contribution in [1.29, 1.82) is 0 Å². The van der Waals surface area contributed by atoms with E-state index in [9.17, 15) is 0 Å². The van der Waals surface area contributed by atoms with Crippen molar-refractivity contribution in [2.75, 3.05) is 4.90 Å². The van der Waals surface area contributed by atoms with Crippen molar-refractivity contribution < 1.29 is 0 Å². The van der Waals surface area contributed by atoms with Gasteiger partial charge in [-0.25, -0.2) is 15.0 Å². The summed E-state index contributed by atoms with van der Waals surface area (Å²) in [4.78, 5) is 21.6. The molecule has 5 heterocycles. The highest BCUT2D eigenvalue weighted by molar-refractivity contribution is 5.86. The van der Waals surface area contributed by atoms with Gasteiger partial charge in [0.05, 0.1) is 34.5 Å². The van der Waals surface area contributed by atoms with E-state index in [2.05, 4.69) is 58.4 Å². The number of aromatic nitrogens is 3. The molecule has 0 saturated heterocycles. The molecule has 0 aliphatic carbocycles. The van der Waals surface area contributed by atoms with Gasteiger partial charge < -0.3 is 4.90 Å². The van der Waals surface area contributed by atoms with E-state index < -0.39 is 0 Å². The third kappa shape index (κ3) is 3.81. The van der Waals surface area contributed by atoms with Gasteiger partial charge in [0, 0.05) is 29.6 Å². The lowest BCUT2D eigenvalue weighted by molar-refractivity contribution is 0.780. The first kappa shape index (κ1) is 21.4. The topological polar surface area (TPSA) is 54.3 Å². The van der Waals surface area contributed by atoms with Crippen LogP contribution in [0, 0.1) is 0 Å². The number of benzene rings is 2. The summed E-state index contributed by atoms with van der Waals surface area (Å²) in [5.74, 6) is 1.15. The molecule has 3 aromatic heterocycles. The van der Waals surface area contributed by atoms with Gasteiger partial charge in [0.1, 0.15) is 5.82 Å². The molecule has 2 aliphatic rings. The van der Waals surface area contributed by atoms with Crippen molar-refractivity contribution in [1.82, 2.24) is 15.0 Å². The molecule has 0 bridgehead atoms. The van der Waals surface area contributed by atoms with Gasteiger partial charge in [-0.1, -0.05) is 72.8 Å². The highest BCUT2D eigenvalue weighted by Gasteiger charge is 2.38. The quantitative estimate of drug-likeness (QED) is 0.278. The first-order valence-electron chi connectivity index (χ1n) is 12.4. The van der Waals surface area contributed by atoms with E-state index in [4.69, 9.17) is 15.0 Å². The molecule has 5 aromatic rings. The molecule has 0 saturated carbocycles. The fourth-order valence-corrected chi connectivity index (χ4v) is 5.19. The molecule has 37 heavy (non-hydrogen) atoms.